The van der Waals surface area contributed by atoms with Gasteiger partial charge in [-0.2, -0.15) is 0 Å². The van der Waals surface area contributed by atoms with Gasteiger partial charge in [0.25, 0.3) is 5.91 Å². The van der Waals surface area contributed by atoms with Crippen LogP contribution in [0.5, 0.6) is 0 Å². The van der Waals surface area contributed by atoms with Gasteiger partial charge < -0.3 is 10.6 Å². The Morgan fingerprint density at radius 3 is 3.28 bits per heavy atom. The minimum atomic E-state index is -0.00995. The van der Waals surface area contributed by atoms with Crippen molar-refractivity contribution in [1.29, 1.82) is 0 Å². The molecule has 5 heteroatoms. The molecule has 4 nitrogen and oxygen atoms in total. The normalized spacial score (nSPS) is 19.9. The van der Waals surface area contributed by atoms with E-state index in [0.717, 1.165) is 36.0 Å². The Balaban J connectivity index is 1.81. The minimum Gasteiger partial charge on any atom is -0.348 e. The van der Waals surface area contributed by atoms with E-state index in [2.05, 4.69) is 15.6 Å². The Bertz CT molecular complexity index is 560. The van der Waals surface area contributed by atoms with Crippen LogP contribution in [0.25, 0.3) is 10.1 Å². The molecule has 0 radical (unpaired) electrons. The van der Waals surface area contributed by atoms with Crippen molar-refractivity contribution in [2.45, 2.75) is 18.9 Å². The summed E-state index contributed by atoms with van der Waals surface area (Å²) in [6, 6.07) is 2.23. The second-order valence-electron chi connectivity index (χ2n) is 4.54. The van der Waals surface area contributed by atoms with Gasteiger partial charge in [-0.05, 0) is 30.8 Å². The molecule has 2 aromatic heterocycles. The maximum absolute atomic E-state index is 12.3. The highest BCUT2D eigenvalue weighted by atomic mass is 32.1. The maximum Gasteiger partial charge on any atom is 0.254 e. The first-order valence-corrected chi connectivity index (χ1v) is 7.05. The standard InChI is InChI=1S/C13H15N3OS/c17-13(16-10-2-1-4-14-7-10)11-8-15-6-9-3-5-18-12(9)11/h3,5-6,8,10,14H,1-2,4,7H2,(H,16,17)/t10-/m0/s1. The first-order chi connectivity index (χ1) is 8.84. The van der Waals surface area contributed by atoms with Crippen molar-refractivity contribution < 1.29 is 4.79 Å². The van der Waals surface area contributed by atoms with E-state index in [4.69, 9.17) is 0 Å². The van der Waals surface area contributed by atoms with E-state index in [1.807, 2.05) is 11.4 Å². The highest BCUT2D eigenvalue weighted by Gasteiger charge is 2.18. The predicted molar refractivity (Wildman–Crippen MR) is 73.0 cm³/mol. The van der Waals surface area contributed by atoms with Gasteiger partial charge in [0.2, 0.25) is 0 Å². The number of fused-ring (bicyclic) bond motifs is 1. The zero-order valence-electron chi connectivity index (χ0n) is 9.98. The van der Waals surface area contributed by atoms with E-state index in [-0.39, 0.29) is 11.9 Å². The molecule has 3 heterocycles. The monoisotopic (exact) mass is 261 g/mol. The molecule has 2 N–H and O–H groups in total. The van der Waals surface area contributed by atoms with Crippen LogP contribution in [0, 0.1) is 0 Å². The van der Waals surface area contributed by atoms with Crippen LogP contribution in [0.4, 0.5) is 0 Å². The maximum atomic E-state index is 12.3. The number of hydrogen-bond donors (Lipinski definition) is 2. The lowest BCUT2D eigenvalue weighted by molar-refractivity contribution is 0.0932. The molecule has 1 aliphatic rings. The van der Waals surface area contributed by atoms with Crippen LogP contribution in [0.15, 0.2) is 23.8 Å². The molecular weight excluding hydrogens is 246 g/mol. The summed E-state index contributed by atoms with van der Waals surface area (Å²) in [5.41, 5.74) is 0.688. The van der Waals surface area contributed by atoms with Gasteiger partial charge >= 0.3 is 0 Å². The van der Waals surface area contributed by atoms with E-state index < -0.39 is 0 Å². The van der Waals surface area contributed by atoms with Gasteiger partial charge in [-0.25, -0.2) is 0 Å². The van der Waals surface area contributed by atoms with Gasteiger partial charge in [0.15, 0.2) is 0 Å². The summed E-state index contributed by atoms with van der Waals surface area (Å²) in [5, 5.41) is 9.41. The van der Waals surface area contributed by atoms with Gasteiger partial charge in [-0.3, -0.25) is 9.78 Å². The number of rotatable bonds is 2. The molecule has 1 aliphatic heterocycles. The van der Waals surface area contributed by atoms with Crippen LogP contribution in [0.2, 0.25) is 0 Å². The molecule has 1 saturated heterocycles. The molecule has 0 bridgehead atoms. The van der Waals surface area contributed by atoms with Crippen molar-refractivity contribution in [3.63, 3.8) is 0 Å². The summed E-state index contributed by atoms with van der Waals surface area (Å²) < 4.78 is 1.02. The van der Waals surface area contributed by atoms with Gasteiger partial charge in [0, 0.05) is 30.4 Å². The van der Waals surface area contributed by atoms with Gasteiger partial charge in [-0.1, -0.05) is 0 Å². The van der Waals surface area contributed by atoms with Gasteiger partial charge in [0.1, 0.15) is 0 Å². The van der Waals surface area contributed by atoms with Crippen LogP contribution < -0.4 is 10.6 Å². The molecule has 3 rings (SSSR count). The first-order valence-electron chi connectivity index (χ1n) is 6.17. The number of carbonyl (C=O) groups is 1. The van der Waals surface area contributed by atoms with Gasteiger partial charge in [0.05, 0.1) is 10.3 Å². The van der Waals surface area contributed by atoms with Crippen molar-refractivity contribution >= 4 is 27.3 Å². The fraction of sp³-hybridized carbons (Fsp3) is 0.385. The molecule has 0 saturated carbocycles. The molecular formula is C13H15N3OS. The number of carbonyl (C=O) groups excluding carboxylic acids is 1. The van der Waals surface area contributed by atoms with Crippen LogP contribution in [0.3, 0.4) is 0 Å². The number of pyridine rings is 1. The lowest BCUT2D eigenvalue weighted by Gasteiger charge is -2.23. The van der Waals surface area contributed by atoms with E-state index in [9.17, 15) is 4.79 Å². The van der Waals surface area contributed by atoms with Gasteiger partial charge in [-0.15, -0.1) is 11.3 Å². The average molecular weight is 261 g/mol. The predicted octanol–water partition coefficient (Wildman–Crippen LogP) is 1.78. The van der Waals surface area contributed by atoms with Crippen molar-refractivity contribution in [2.75, 3.05) is 13.1 Å². The van der Waals surface area contributed by atoms with E-state index in [1.54, 1.807) is 23.7 Å². The summed E-state index contributed by atoms with van der Waals surface area (Å²) in [7, 11) is 0. The molecule has 1 amide bonds. The summed E-state index contributed by atoms with van der Waals surface area (Å²) in [6.45, 7) is 1.91. The number of aromatic nitrogens is 1. The number of hydrogen-bond acceptors (Lipinski definition) is 4. The third-order valence-electron chi connectivity index (χ3n) is 3.23. The lowest BCUT2D eigenvalue weighted by atomic mass is 10.1. The molecule has 0 aromatic carbocycles. The highest BCUT2D eigenvalue weighted by molar-refractivity contribution is 7.17. The van der Waals surface area contributed by atoms with Crippen molar-refractivity contribution in [3.8, 4) is 0 Å². The fourth-order valence-corrected chi connectivity index (χ4v) is 3.17. The molecule has 0 aliphatic carbocycles. The van der Waals surface area contributed by atoms with E-state index >= 15 is 0 Å². The Labute approximate surface area is 109 Å². The number of thiophene rings is 1. The largest absolute Gasteiger partial charge is 0.348 e. The Morgan fingerprint density at radius 1 is 1.50 bits per heavy atom. The number of nitrogens with one attached hydrogen (secondary N) is 2. The lowest BCUT2D eigenvalue weighted by Crippen LogP contribution is -2.45. The zero-order chi connectivity index (χ0) is 12.4. The van der Waals surface area contributed by atoms with Crippen LogP contribution in [-0.4, -0.2) is 30.0 Å². The number of piperidine rings is 1. The molecule has 1 atom stereocenters. The fourth-order valence-electron chi connectivity index (χ4n) is 2.29. The molecule has 2 aromatic rings. The quantitative estimate of drug-likeness (QED) is 0.866. The smallest absolute Gasteiger partial charge is 0.254 e. The Hall–Kier alpha value is -1.46. The summed E-state index contributed by atoms with van der Waals surface area (Å²) in [6.07, 6.45) is 5.62. The molecule has 0 spiro atoms. The number of nitrogens with zero attached hydrogens (tertiary/aromatic N) is 1. The SMILES string of the molecule is O=C(N[C@H]1CCCNC1)c1cncc2ccsc12. The Morgan fingerprint density at radius 2 is 2.44 bits per heavy atom. The molecule has 1 fully saturated rings. The molecule has 0 unspecified atom stereocenters. The third-order valence-corrected chi connectivity index (χ3v) is 4.20. The van der Waals surface area contributed by atoms with E-state index in [1.165, 1.54) is 0 Å². The Kier molecular flexibility index (Phi) is 3.25. The highest BCUT2D eigenvalue weighted by Crippen LogP contribution is 2.23. The van der Waals surface area contributed by atoms with E-state index in [0.29, 0.717) is 5.56 Å². The zero-order valence-corrected chi connectivity index (χ0v) is 10.8. The topological polar surface area (TPSA) is 54.0 Å². The summed E-state index contributed by atoms with van der Waals surface area (Å²) in [4.78, 5) is 16.4. The second-order valence-corrected chi connectivity index (χ2v) is 5.46. The molecule has 94 valence electrons. The average Bonchev–Trinajstić information content (AvgIpc) is 2.87. The second kappa shape index (κ2) is 5.04. The number of amides is 1. The van der Waals surface area contributed by atoms with Crippen molar-refractivity contribution in [3.05, 3.63) is 29.4 Å². The minimum absolute atomic E-state index is 0.00995. The first kappa shape index (κ1) is 11.6. The third kappa shape index (κ3) is 2.23. The van der Waals surface area contributed by atoms with Crippen LogP contribution in [0.1, 0.15) is 23.2 Å². The summed E-state index contributed by atoms with van der Waals surface area (Å²) >= 11 is 1.59. The summed E-state index contributed by atoms with van der Waals surface area (Å²) in [5.74, 6) is -0.00995. The van der Waals surface area contributed by atoms with Crippen molar-refractivity contribution in [2.24, 2.45) is 0 Å². The van der Waals surface area contributed by atoms with Crippen molar-refractivity contribution in [1.82, 2.24) is 15.6 Å². The van der Waals surface area contributed by atoms with Crippen LogP contribution >= 0.6 is 11.3 Å². The van der Waals surface area contributed by atoms with Crippen LogP contribution in [-0.2, 0) is 0 Å². The molecule has 18 heavy (non-hydrogen) atoms.